The van der Waals surface area contributed by atoms with E-state index in [4.69, 9.17) is 4.74 Å². The number of benzene rings is 2. The number of hydrogen-bond donors (Lipinski definition) is 4. The van der Waals surface area contributed by atoms with Crippen LogP contribution in [0.25, 0.3) is 0 Å². The fourth-order valence-corrected chi connectivity index (χ4v) is 3.21. The molecule has 0 radical (unpaired) electrons. The van der Waals surface area contributed by atoms with Crippen molar-refractivity contribution in [2.45, 2.75) is 58.8 Å². The Hall–Kier alpha value is -2.28. The molecule has 2 rings (SSSR count). The molecule has 0 aromatic heterocycles. The third-order valence-corrected chi connectivity index (χ3v) is 5.12. The van der Waals surface area contributed by atoms with Gasteiger partial charge in [0.2, 0.25) is 0 Å². The van der Waals surface area contributed by atoms with Gasteiger partial charge in [0, 0.05) is 6.04 Å². The van der Waals surface area contributed by atoms with Crippen LogP contribution in [0.4, 0.5) is 0 Å². The summed E-state index contributed by atoms with van der Waals surface area (Å²) in [4.78, 5) is 11.2. The Morgan fingerprint density at radius 3 is 2.33 bits per heavy atom. The molecule has 0 aliphatic heterocycles. The van der Waals surface area contributed by atoms with E-state index in [9.17, 15) is 20.1 Å². The van der Waals surface area contributed by atoms with Crippen molar-refractivity contribution in [2.24, 2.45) is 0 Å². The molecule has 0 amide bonds. The third-order valence-electron chi connectivity index (χ3n) is 5.12. The summed E-state index contributed by atoms with van der Waals surface area (Å²) in [5.41, 5.74) is 3.85. The number of aryl methyl sites for hydroxylation is 2. The van der Waals surface area contributed by atoms with Gasteiger partial charge in [0.25, 0.3) is 0 Å². The quantitative estimate of drug-likeness (QED) is 0.449. The number of hydrogen-bond acceptors (Lipinski definition) is 5. The van der Waals surface area contributed by atoms with E-state index in [-0.39, 0.29) is 24.2 Å². The Balaban J connectivity index is 0.00000450. The zero-order valence-corrected chi connectivity index (χ0v) is 18.7. The van der Waals surface area contributed by atoms with E-state index in [1.807, 2.05) is 32.9 Å². The van der Waals surface area contributed by atoms with Gasteiger partial charge >= 0.3 is 5.97 Å². The fourth-order valence-electron chi connectivity index (χ4n) is 3.21. The van der Waals surface area contributed by atoms with Crippen LogP contribution in [0.2, 0.25) is 0 Å². The van der Waals surface area contributed by atoms with E-state index < -0.39 is 18.2 Å². The van der Waals surface area contributed by atoms with Gasteiger partial charge in [-0.2, -0.15) is 0 Å². The average Bonchev–Trinajstić information content (AvgIpc) is 2.68. The molecule has 0 aliphatic rings. The van der Waals surface area contributed by atoms with E-state index >= 15 is 0 Å². The van der Waals surface area contributed by atoms with Gasteiger partial charge in [0.05, 0.1) is 6.10 Å². The van der Waals surface area contributed by atoms with Gasteiger partial charge in [-0.1, -0.05) is 25.1 Å². The molecule has 4 N–H and O–H groups in total. The fraction of sp³-hybridized carbons (Fsp3) is 0.435. The molecule has 2 aromatic carbocycles. The summed E-state index contributed by atoms with van der Waals surface area (Å²) in [6.45, 7) is 8.29. The smallest absolute Gasteiger partial charge is 0.344 e. The number of aliphatic hydroxyl groups excluding tert-OH is 1. The van der Waals surface area contributed by atoms with Crippen LogP contribution in [-0.2, 0) is 11.2 Å². The lowest BCUT2D eigenvalue weighted by atomic mass is 10.0. The number of halogens is 1. The Bertz CT molecular complexity index is 825. The molecule has 0 saturated carbocycles. The molecule has 0 bridgehead atoms. The molecular formula is C23H32ClNO5. The Labute approximate surface area is 184 Å². The summed E-state index contributed by atoms with van der Waals surface area (Å²) in [5.74, 6) is -0.183. The molecule has 2 aromatic rings. The molecule has 166 valence electrons. The van der Waals surface area contributed by atoms with E-state index in [2.05, 4.69) is 5.32 Å². The van der Waals surface area contributed by atoms with Crippen LogP contribution in [0.15, 0.2) is 36.4 Å². The van der Waals surface area contributed by atoms with Crippen molar-refractivity contribution in [3.8, 4) is 11.5 Å². The number of ether oxygens (including phenoxy) is 1. The molecule has 0 fully saturated rings. The van der Waals surface area contributed by atoms with Crippen LogP contribution in [0.1, 0.15) is 48.6 Å². The highest BCUT2D eigenvalue weighted by molar-refractivity contribution is 5.85. The summed E-state index contributed by atoms with van der Waals surface area (Å²) in [5, 5.41) is 32.4. The van der Waals surface area contributed by atoms with Crippen molar-refractivity contribution in [1.82, 2.24) is 5.32 Å². The monoisotopic (exact) mass is 437 g/mol. The van der Waals surface area contributed by atoms with Crippen LogP contribution >= 0.6 is 12.4 Å². The normalized spacial score (nSPS) is 13.8. The van der Waals surface area contributed by atoms with E-state index in [1.165, 1.54) is 0 Å². The van der Waals surface area contributed by atoms with Crippen LogP contribution in [0.5, 0.6) is 11.5 Å². The molecule has 0 heterocycles. The zero-order valence-electron chi connectivity index (χ0n) is 17.9. The van der Waals surface area contributed by atoms with Crippen LogP contribution < -0.4 is 10.1 Å². The summed E-state index contributed by atoms with van der Waals surface area (Å²) in [6, 6.07) is 10.3. The number of carboxylic acids is 1. The number of carboxylic acid groups (broad SMARTS) is 1. The zero-order chi connectivity index (χ0) is 21.6. The standard InChI is InChI=1S/C23H31NO5.ClH/c1-5-20(23(27)28)29-21-13-14(2)18(12-15(21)3)10-11-24-16(4)22(26)17-6-8-19(25)9-7-17;/h6-9,12-13,16,20,22,24-26H,5,10-11H2,1-4H3,(H,27,28);1H/t16-,20?,22-;/m0./s1. The van der Waals surface area contributed by atoms with Gasteiger partial charge in [-0.05, 0) is 80.6 Å². The maximum absolute atomic E-state index is 11.2. The van der Waals surface area contributed by atoms with Crippen molar-refractivity contribution >= 4 is 18.4 Å². The van der Waals surface area contributed by atoms with Crippen molar-refractivity contribution in [2.75, 3.05) is 6.54 Å². The van der Waals surface area contributed by atoms with Gasteiger partial charge in [-0.3, -0.25) is 0 Å². The van der Waals surface area contributed by atoms with Crippen molar-refractivity contribution in [1.29, 1.82) is 0 Å². The number of aliphatic hydroxyl groups is 1. The van der Waals surface area contributed by atoms with Gasteiger partial charge in [0.15, 0.2) is 6.10 Å². The highest BCUT2D eigenvalue weighted by Crippen LogP contribution is 2.25. The Morgan fingerprint density at radius 1 is 1.13 bits per heavy atom. The van der Waals surface area contributed by atoms with Gasteiger partial charge in [-0.15, -0.1) is 12.4 Å². The van der Waals surface area contributed by atoms with E-state index in [0.717, 1.165) is 28.7 Å². The number of aliphatic carboxylic acids is 1. The summed E-state index contributed by atoms with van der Waals surface area (Å²) < 4.78 is 5.66. The van der Waals surface area contributed by atoms with Crippen LogP contribution in [-0.4, -0.2) is 40.0 Å². The highest BCUT2D eigenvalue weighted by atomic mass is 35.5. The molecule has 7 heteroatoms. The third kappa shape index (κ3) is 6.90. The van der Waals surface area contributed by atoms with Crippen molar-refractivity contribution in [3.05, 3.63) is 58.7 Å². The molecular weight excluding hydrogens is 406 g/mol. The Morgan fingerprint density at radius 2 is 1.77 bits per heavy atom. The predicted octanol–water partition coefficient (Wildman–Crippen LogP) is 3.93. The second-order valence-corrected chi connectivity index (χ2v) is 7.43. The maximum atomic E-state index is 11.2. The summed E-state index contributed by atoms with van der Waals surface area (Å²) in [7, 11) is 0. The molecule has 6 nitrogen and oxygen atoms in total. The molecule has 30 heavy (non-hydrogen) atoms. The second kappa shape index (κ2) is 11.8. The Kier molecular flexibility index (Phi) is 10.1. The van der Waals surface area contributed by atoms with Crippen LogP contribution in [0.3, 0.4) is 0 Å². The minimum Gasteiger partial charge on any atom is -0.508 e. The van der Waals surface area contributed by atoms with Crippen molar-refractivity contribution in [3.63, 3.8) is 0 Å². The first-order valence-electron chi connectivity index (χ1n) is 9.92. The van der Waals surface area contributed by atoms with Crippen LogP contribution in [0, 0.1) is 13.8 Å². The van der Waals surface area contributed by atoms with E-state index in [0.29, 0.717) is 18.7 Å². The molecule has 1 unspecified atom stereocenters. The summed E-state index contributed by atoms with van der Waals surface area (Å²) >= 11 is 0. The maximum Gasteiger partial charge on any atom is 0.344 e. The van der Waals surface area contributed by atoms with Gasteiger partial charge < -0.3 is 25.4 Å². The first-order chi connectivity index (χ1) is 13.7. The molecule has 0 saturated heterocycles. The molecule has 3 atom stereocenters. The lowest BCUT2D eigenvalue weighted by Gasteiger charge is -2.21. The van der Waals surface area contributed by atoms with Gasteiger partial charge in [0.1, 0.15) is 11.5 Å². The number of phenols is 1. The number of rotatable bonds is 10. The van der Waals surface area contributed by atoms with Crippen molar-refractivity contribution < 1.29 is 24.9 Å². The molecule has 0 spiro atoms. The number of phenolic OH excluding ortho intramolecular Hbond substituents is 1. The largest absolute Gasteiger partial charge is 0.508 e. The predicted molar refractivity (Wildman–Crippen MR) is 120 cm³/mol. The lowest BCUT2D eigenvalue weighted by molar-refractivity contribution is -0.145. The minimum atomic E-state index is -0.959. The topological polar surface area (TPSA) is 99.0 Å². The second-order valence-electron chi connectivity index (χ2n) is 7.43. The van der Waals surface area contributed by atoms with E-state index in [1.54, 1.807) is 31.2 Å². The summed E-state index contributed by atoms with van der Waals surface area (Å²) in [6.07, 6.45) is -0.338. The minimum absolute atomic E-state index is 0. The average molecular weight is 438 g/mol. The SMILES string of the molecule is CCC(Oc1cc(C)c(CCN[C@@H](C)[C@H](O)c2ccc(O)cc2)cc1C)C(=O)O.Cl. The first-order valence-corrected chi connectivity index (χ1v) is 9.92. The highest BCUT2D eigenvalue weighted by Gasteiger charge is 2.19. The van der Waals surface area contributed by atoms with Gasteiger partial charge in [-0.25, -0.2) is 4.79 Å². The number of aromatic hydroxyl groups is 1. The molecule has 0 aliphatic carbocycles. The number of carbonyl (C=O) groups is 1. The first kappa shape index (κ1) is 25.8. The lowest BCUT2D eigenvalue weighted by Crippen LogP contribution is -2.33. The number of nitrogens with one attached hydrogen (secondary N) is 1.